The molecule has 0 aromatic carbocycles. The van der Waals surface area contributed by atoms with Gasteiger partial charge in [0.05, 0.1) is 12.8 Å². The highest BCUT2D eigenvalue weighted by Crippen LogP contribution is 2.13. The van der Waals surface area contributed by atoms with Crippen LogP contribution in [-0.4, -0.2) is 18.2 Å². The molecule has 1 heterocycles. The van der Waals surface area contributed by atoms with Crippen LogP contribution in [-0.2, 0) is 11.3 Å². The van der Waals surface area contributed by atoms with Crippen LogP contribution >= 0.6 is 0 Å². The van der Waals surface area contributed by atoms with E-state index < -0.39 is 0 Å². The van der Waals surface area contributed by atoms with Crippen LogP contribution in [0.15, 0.2) is 4.52 Å². The second-order valence-corrected chi connectivity index (χ2v) is 2.56. The Balaban J connectivity index is 2.96. The Labute approximate surface area is 76.0 Å². The van der Waals surface area contributed by atoms with Crippen molar-refractivity contribution >= 4 is 5.91 Å². The topological polar surface area (TPSA) is 64.4 Å². The molecule has 0 fully saturated rings. The van der Waals surface area contributed by atoms with Gasteiger partial charge in [0.25, 0.3) is 5.91 Å². The minimum atomic E-state index is -0.321. The lowest BCUT2D eigenvalue weighted by molar-refractivity contribution is 0.0535. The number of hydrogen-bond acceptors (Lipinski definition) is 4. The zero-order chi connectivity index (χ0) is 9.84. The van der Waals surface area contributed by atoms with Gasteiger partial charge in [0.15, 0.2) is 0 Å². The Morgan fingerprint density at radius 2 is 2.38 bits per heavy atom. The van der Waals surface area contributed by atoms with Gasteiger partial charge in [-0.05, 0) is 6.92 Å². The summed E-state index contributed by atoms with van der Waals surface area (Å²) in [5.41, 5.74) is 3.26. The number of aromatic nitrogens is 1. The second-order valence-electron chi connectivity index (χ2n) is 2.56. The van der Waals surface area contributed by atoms with Crippen molar-refractivity contribution < 1.29 is 14.2 Å². The van der Waals surface area contributed by atoms with E-state index in [0.29, 0.717) is 23.4 Å². The van der Waals surface area contributed by atoms with Crippen molar-refractivity contribution in [1.82, 2.24) is 10.6 Å². The van der Waals surface area contributed by atoms with Gasteiger partial charge in [0.1, 0.15) is 11.3 Å². The van der Waals surface area contributed by atoms with E-state index in [0.717, 1.165) is 0 Å². The first-order valence-corrected chi connectivity index (χ1v) is 3.99. The molecule has 0 saturated carbocycles. The molecule has 5 heteroatoms. The number of rotatable bonds is 3. The first-order chi connectivity index (χ1) is 6.20. The standard InChI is InChI=1S/C8H12N2O3/c1-4-6-7(5(2)9-13-6)8(11)10-12-3/h4H2,1-3H3,(H,10,11). The van der Waals surface area contributed by atoms with E-state index in [1.807, 2.05) is 6.92 Å². The van der Waals surface area contributed by atoms with E-state index in [-0.39, 0.29) is 5.91 Å². The third-order valence-electron chi connectivity index (χ3n) is 1.68. The maximum atomic E-state index is 11.4. The van der Waals surface area contributed by atoms with Crippen molar-refractivity contribution in [2.75, 3.05) is 7.11 Å². The lowest BCUT2D eigenvalue weighted by Gasteiger charge is -2.00. The Hall–Kier alpha value is -1.36. The molecule has 0 aliphatic carbocycles. The molecule has 0 aliphatic heterocycles. The molecule has 1 N–H and O–H groups in total. The van der Waals surface area contributed by atoms with Gasteiger partial charge in [-0.25, -0.2) is 5.48 Å². The van der Waals surface area contributed by atoms with E-state index in [1.165, 1.54) is 7.11 Å². The molecule has 0 saturated heterocycles. The fourth-order valence-electron chi connectivity index (χ4n) is 1.09. The highest BCUT2D eigenvalue weighted by molar-refractivity contribution is 5.95. The zero-order valence-electron chi connectivity index (χ0n) is 7.88. The third-order valence-corrected chi connectivity index (χ3v) is 1.68. The van der Waals surface area contributed by atoms with Gasteiger partial charge in [-0.3, -0.25) is 9.63 Å². The molecular formula is C8H12N2O3. The van der Waals surface area contributed by atoms with Crippen molar-refractivity contribution in [3.05, 3.63) is 17.0 Å². The van der Waals surface area contributed by atoms with Crippen molar-refractivity contribution in [2.45, 2.75) is 20.3 Å². The highest BCUT2D eigenvalue weighted by atomic mass is 16.6. The van der Waals surface area contributed by atoms with Crippen LogP contribution in [0.5, 0.6) is 0 Å². The molecule has 0 spiro atoms. The predicted molar refractivity (Wildman–Crippen MR) is 45.1 cm³/mol. The number of aryl methyl sites for hydroxylation is 2. The molecule has 0 radical (unpaired) electrons. The van der Waals surface area contributed by atoms with Gasteiger partial charge in [0, 0.05) is 6.42 Å². The van der Waals surface area contributed by atoms with Crippen LogP contribution in [0.3, 0.4) is 0 Å². The summed E-state index contributed by atoms with van der Waals surface area (Å²) in [5.74, 6) is 0.255. The van der Waals surface area contributed by atoms with Gasteiger partial charge in [0.2, 0.25) is 0 Å². The van der Waals surface area contributed by atoms with Gasteiger partial charge >= 0.3 is 0 Å². The SMILES string of the molecule is CCc1onc(C)c1C(=O)NOC. The summed E-state index contributed by atoms with van der Waals surface area (Å²) >= 11 is 0. The van der Waals surface area contributed by atoms with Crippen LogP contribution in [0.1, 0.15) is 28.7 Å². The summed E-state index contributed by atoms with van der Waals surface area (Å²) < 4.78 is 4.95. The quantitative estimate of drug-likeness (QED) is 0.707. The molecule has 0 atom stereocenters. The lowest BCUT2D eigenvalue weighted by atomic mass is 10.1. The van der Waals surface area contributed by atoms with Crippen LogP contribution in [0.2, 0.25) is 0 Å². The van der Waals surface area contributed by atoms with Crippen LogP contribution in [0.25, 0.3) is 0 Å². The van der Waals surface area contributed by atoms with Crippen molar-refractivity contribution in [3.8, 4) is 0 Å². The second kappa shape index (κ2) is 4.04. The summed E-state index contributed by atoms with van der Waals surface area (Å²) in [4.78, 5) is 15.9. The number of amides is 1. The van der Waals surface area contributed by atoms with Gasteiger partial charge in [-0.2, -0.15) is 0 Å². The van der Waals surface area contributed by atoms with Crippen molar-refractivity contribution in [2.24, 2.45) is 0 Å². The number of nitrogens with zero attached hydrogens (tertiary/aromatic N) is 1. The minimum absolute atomic E-state index is 0.321. The molecule has 1 aromatic heterocycles. The number of hydrogen-bond donors (Lipinski definition) is 1. The molecule has 0 bridgehead atoms. The molecule has 1 rings (SSSR count). The van der Waals surface area contributed by atoms with E-state index in [9.17, 15) is 4.79 Å². The molecule has 72 valence electrons. The summed E-state index contributed by atoms with van der Waals surface area (Å²) in [6.07, 6.45) is 0.632. The lowest BCUT2D eigenvalue weighted by Crippen LogP contribution is -2.23. The average molecular weight is 184 g/mol. The van der Waals surface area contributed by atoms with E-state index in [2.05, 4.69) is 15.5 Å². The van der Waals surface area contributed by atoms with E-state index in [1.54, 1.807) is 6.92 Å². The smallest absolute Gasteiger partial charge is 0.280 e. The first kappa shape index (κ1) is 9.73. The molecule has 1 aromatic rings. The van der Waals surface area contributed by atoms with Gasteiger partial charge in [-0.1, -0.05) is 12.1 Å². The molecule has 1 amide bonds. The van der Waals surface area contributed by atoms with Crippen molar-refractivity contribution in [3.63, 3.8) is 0 Å². The monoisotopic (exact) mass is 184 g/mol. The van der Waals surface area contributed by atoms with Gasteiger partial charge < -0.3 is 4.52 Å². The summed E-state index contributed by atoms with van der Waals surface area (Å²) in [6, 6.07) is 0. The maximum Gasteiger partial charge on any atom is 0.280 e. The molecule has 5 nitrogen and oxygen atoms in total. The highest BCUT2D eigenvalue weighted by Gasteiger charge is 2.18. The summed E-state index contributed by atoms with van der Waals surface area (Å²) in [5, 5.41) is 3.70. The normalized spacial score (nSPS) is 10.1. The molecular weight excluding hydrogens is 172 g/mol. The Bertz CT molecular complexity index is 306. The van der Waals surface area contributed by atoms with Crippen LogP contribution < -0.4 is 5.48 Å². The largest absolute Gasteiger partial charge is 0.360 e. The fraction of sp³-hybridized carbons (Fsp3) is 0.500. The van der Waals surface area contributed by atoms with Crippen LogP contribution in [0, 0.1) is 6.92 Å². The Morgan fingerprint density at radius 3 is 2.92 bits per heavy atom. The number of carbonyl (C=O) groups excluding carboxylic acids is 1. The predicted octanol–water partition coefficient (Wildman–Crippen LogP) is 0.837. The van der Waals surface area contributed by atoms with Crippen molar-refractivity contribution in [1.29, 1.82) is 0 Å². The number of carbonyl (C=O) groups is 1. The van der Waals surface area contributed by atoms with Gasteiger partial charge in [-0.15, -0.1) is 0 Å². The molecule has 13 heavy (non-hydrogen) atoms. The third kappa shape index (κ3) is 1.86. The molecule has 0 aliphatic rings. The summed E-state index contributed by atoms with van der Waals surface area (Å²) in [7, 11) is 1.38. The fourth-order valence-corrected chi connectivity index (χ4v) is 1.09. The van der Waals surface area contributed by atoms with E-state index in [4.69, 9.17) is 4.52 Å². The minimum Gasteiger partial charge on any atom is -0.360 e. The Morgan fingerprint density at radius 1 is 1.69 bits per heavy atom. The number of nitrogens with one attached hydrogen (secondary N) is 1. The van der Waals surface area contributed by atoms with Crippen LogP contribution in [0.4, 0.5) is 0 Å². The molecule has 0 unspecified atom stereocenters. The maximum absolute atomic E-state index is 11.4. The number of hydroxylamine groups is 1. The Kier molecular flexibility index (Phi) is 3.02. The first-order valence-electron chi connectivity index (χ1n) is 3.99. The average Bonchev–Trinajstić information content (AvgIpc) is 2.47. The van der Waals surface area contributed by atoms with E-state index >= 15 is 0 Å². The summed E-state index contributed by atoms with van der Waals surface area (Å²) in [6.45, 7) is 3.61. The zero-order valence-corrected chi connectivity index (χ0v) is 7.88.